The first-order chi connectivity index (χ1) is 17.0. The smallest absolute Gasteiger partial charge is 0.335 e. The van der Waals surface area contributed by atoms with E-state index >= 15 is 0 Å². The van der Waals surface area contributed by atoms with Crippen LogP contribution in [-0.4, -0.2) is 32.7 Å². The van der Waals surface area contributed by atoms with Gasteiger partial charge in [0, 0.05) is 17.7 Å². The summed E-state index contributed by atoms with van der Waals surface area (Å²) in [5.41, 5.74) is 4.50. The molecule has 7 nitrogen and oxygen atoms in total. The molecule has 0 bridgehead atoms. The number of carboxylic acid groups (broad SMARTS) is 1. The van der Waals surface area contributed by atoms with E-state index in [2.05, 4.69) is 5.32 Å². The molecular formula is C27H21N3O4S. The number of carboxylic acids is 1. The van der Waals surface area contributed by atoms with Gasteiger partial charge in [-0.05, 0) is 42.3 Å². The Balaban J connectivity index is 1.40. The summed E-state index contributed by atoms with van der Waals surface area (Å²) in [5, 5.41) is 12.5. The maximum absolute atomic E-state index is 12.6. The van der Waals surface area contributed by atoms with Crippen LogP contribution in [0.25, 0.3) is 11.4 Å². The average Bonchev–Trinajstić information content (AvgIpc) is 2.87. The van der Waals surface area contributed by atoms with E-state index in [1.54, 1.807) is 12.1 Å². The summed E-state index contributed by atoms with van der Waals surface area (Å²) in [6.45, 7) is 2.01. The van der Waals surface area contributed by atoms with Gasteiger partial charge in [0.2, 0.25) is 11.8 Å². The van der Waals surface area contributed by atoms with E-state index in [1.807, 2.05) is 55.5 Å². The number of anilines is 1. The van der Waals surface area contributed by atoms with E-state index < -0.39 is 5.97 Å². The molecule has 0 saturated carbocycles. The first-order valence-corrected chi connectivity index (χ1v) is 11.9. The summed E-state index contributed by atoms with van der Waals surface area (Å²) in [7, 11) is 0. The van der Waals surface area contributed by atoms with Crippen LogP contribution in [0, 0.1) is 6.92 Å². The van der Waals surface area contributed by atoms with Crippen molar-refractivity contribution in [2.75, 3.05) is 11.1 Å². The van der Waals surface area contributed by atoms with E-state index in [1.165, 1.54) is 23.9 Å². The normalized spacial score (nSPS) is 11.7. The van der Waals surface area contributed by atoms with E-state index in [0.717, 1.165) is 28.0 Å². The van der Waals surface area contributed by atoms with Gasteiger partial charge in [0.25, 0.3) is 0 Å². The lowest BCUT2D eigenvalue weighted by molar-refractivity contribution is -0.113. The van der Waals surface area contributed by atoms with Crippen LogP contribution in [0.2, 0.25) is 0 Å². The van der Waals surface area contributed by atoms with Crippen molar-refractivity contribution < 1.29 is 19.4 Å². The average molecular weight is 484 g/mol. The van der Waals surface area contributed by atoms with Gasteiger partial charge in [0.15, 0.2) is 5.82 Å². The lowest BCUT2D eigenvalue weighted by atomic mass is 10.0. The van der Waals surface area contributed by atoms with Gasteiger partial charge in [-0.3, -0.25) is 4.79 Å². The molecule has 0 radical (unpaired) electrons. The molecule has 0 aliphatic carbocycles. The van der Waals surface area contributed by atoms with Crippen LogP contribution in [0.15, 0.2) is 77.8 Å². The molecule has 0 unspecified atom stereocenters. The van der Waals surface area contributed by atoms with Gasteiger partial charge in [-0.25, -0.2) is 9.78 Å². The Labute approximate surface area is 206 Å². The number of hydrogen-bond acceptors (Lipinski definition) is 6. The van der Waals surface area contributed by atoms with Crippen molar-refractivity contribution in [1.82, 2.24) is 9.97 Å². The number of hydrogen-bond donors (Lipinski definition) is 2. The number of aromatic nitrogens is 2. The predicted octanol–water partition coefficient (Wildman–Crippen LogP) is 5.58. The molecule has 8 heteroatoms. The molecule has 2 heterocycles. The van der Waals surface area contributed by atoms with Crippen molar-refractivity contribution in [1.29, 1.82) is 0 Å². The van der Waals surface area contributed by atoms with Gasteiger partial charge in [0.1, 0.15) is 10.8 Å². The zero-order valence-corrected chi connectivity index (χ0v) is 19.6. The Hall–Kier alpha value is -4.17. The molecule has 0 atom stereocenters. The number of ether oxygens (including phenoxy) is 1. The predicted molar refractivity (Wildman–Crippen MR) is 134 cm³/mol. The van der Waals surface area contributed by atoms with E-state index in [-0.39, 0.29) is 17.2 Å². The summed E-state index contributed by atoms with van der Waals surface area (Å²) in [6.07, 6.45) is 0.613. The fourth-order valence-electron chi connectivity index (χ4n) is 3.83. The van der Waals surface area contributed by atoms with Crippen molar-refractivity contribution in [2.45, 2.75) is 18.4 Å². The number of benzene rings is 3. The van der Waals surface area contributed by atoms with Gasteiger partial charge >= 0.3 is 5.97 Å². The number of fused-ring (bicyclic) bond motifs is 2. The molecule has 0 saturated heterocycles. The fraction of sp³-hybridized carbons (Fsp3) is 0.111. The third-order valence-electron chi connectivity index (χ3n) is 5.58. The van der Waals surface area contributed by atoms with Crippen molar-refractivity contribution in [3.63, 3.8) is 0 Å². The number of aryl methyl sites for hydroxylation is 1. The summed E-state index contributed by atoms with van der Waals surface area (Å²) >= 11 is 1.32. The first-order valence-electron chi connectivity index (χ1n) is 11.0. The number of para-hydroxylation sites is 1. The number of nitrogens with one attached hydrogen (secondary N) is 1. The number of amides is 1. The molecule has 35 heavy (non-hydrogen) atoms. The zero-order valence-electron chi connectivity index (χ0n) is 18.8. The highest BCUT2D eigenvalue weighted by Gasteiger charge is 2.25. The van der Waals surface area contributed by atoms with Crippen LogP contribution in [0.3, 0.4) is 0 Å². The van der Waals surface area contributed by atoms with Gasteiger partial charge in [0.05, 0.1) is 16.9 Å². The minimum Gasteiger partial charge on any atom is -0.478 e. The Morgan fingerprint density at radius 3 is 2.51 bits per heavy atom. The maximum Gasteiger partial charge on any atom is 0.335 e. The number of carbonyl (C=O) groups excluding carboxylic acids is 1. The fourth-order valence-corrected chi connectivity index (χ4v) is 4.65. The second kappa shape index (κ2) is 9.60. The Bertz CT molecular complexity index is 1420. The summed E-state index contributed by atoms with van der Waals surface area (Å²) in [4.78, 5) is 33.2. The Morgan fingerprint density at radius 1 is 1.00 bits per heavy atom. The molecule has 5 rings (SSSR count). The van der Waals surface area contributed by atoms with E-state index in [9.17, 15) is 9.59 Å². The molecule has 1 amide bonds. The van der Waals surface area contributed by atoms with Crippen LogP contribution in [0.1, 0.15) is 27.0 Å². The molecular weight excluding hydrogens is 462 g/mol. The van der Waals surface area contributed by atoms with Gasteiger partial charge in [-0.15, -0.1) is 0 Å². The Morgan fingerprint density at radius 2 is 1.77 bits per heavy atom. The van der Waals surface area contributed by atoms with Crippen LogP contribution in [-0.2, 0) is 11.2 Å². The van der Waals surface area contributed by atoms with Crippen LogP contribution in [0.4, 0.5) is 5.69 Å². The lowest BCUT2D eigenvalue weighted by Crippen LogP contribution is -2.15. The number of thioether (sulfide) groups is 1. The van der Waals surface area contributed by atoms with Crippen molar-refractivity contribution in [3.8, 4) is 23.0 Å². The van der Waals surface area contributed by atoms with Crippen molar-refractivity contribution >= 4 is 29.3 Å². The van der Waals surface area contributed by atoms with Gasteiger partial charge in [-0.1, -0.05) is 60.3 Å². The second-order valence-electron chi connectivity index (χ2n) is 8.06. The highest BCUT2D eigenvalue weighted by Crippen LogP contribution is 2.41. The quantitative estimate of drug-likeness (QED) is 0.240. The molecule has 0 fully saturated rings. The summed E-state index contributed by atoms with van der Waals surface area (Å²) < 4.78 is 6.23. The third kappa shape index (κ3) is 4.88. The zero-order chi connectivity index (χ0) is 24.4. The molecule has 174 valence electrons. The third-order valence-corrected chi connectivity index (χ3v) is 6.60. The van der Waals surface area contributed by atoms with Crippen molar-refractivity contribution in [3.05, 3.63) is 95.1 Å². The van der Waals surface area contributed by atoms with Crippen LogP contribution in [0.5, 0.6) is 11.6 Å². The highest BCUT2D eigenvalue weighted by atomic mass is 32.2. The standard InChI is InChI=1S/C27H21N3O4S/c1-16-6-5-9-19-14-21-25(34-23(16)19)29-24(17-7-3-2-4-8-17)30-26(21)35-15-22(31)28-20-12-10-18(11-13-20)27(32)33/h2-13H,14-15H2,1H3,(H,28,31)(H,32,33). The minimum absolute atomic E-state index is 0.124. The second-order valence-corrected chi connectivity index (χ2v) is 9.03. The number of nitrogens with zero attached hydrogens (tertiary/aromatic N) is 2. The maximum atomic E-state index is 12.6. The molecule has 1 aliphatic rings. The monoisotopic (exact) mass is 483 g/mol. The summed E-state index contributed by atoms with van der Waals surface area (Å²) in [5.74, 6) is 0.747. The van der Waals surface area contributed by atoms with Crippen molar-refractivity contribution in [2.24, 2.45) is 0 Å². The van der Waals surface area contributed by atoms with Gasteiger partial charge < -0.3 is 15.2 Å². The summed E-state index contributed by atoms with van der Waals surface area (Å²) in [6, 6.07) is 21.7. The molecule has 4 aromatic rings. The largest absolute Gasteiger partial charge is 0.478 e. The SMILES string of the molecule is Cc1cccc2c1Oc1nc(-c3ccccc3)nc(SCC(=O)Nc3ccc(C(=O)O)cc3)c1C2. The number of rotatable bonds is 6. The van der Waals surface area contributed by atoms with E-state index in [0.29, 0.717) is 28.8 Å². The Kier molecular flexibility index (Phi) is 6.20. The van der Waals surface area contributed by atoms with Crippen LogP contribution >= 0.6 is 11.8 Å². The molecule has 2 N–H and O–H groups in total. The molecule has 1 aromatic heterocycles. The van der Waals surface area contributed by atoms with Gasteiger partial charge in [-0.2, -0.15) is 4.98 Å². The van der Waals surface area contributed by atoms with Crippen LogP contribution < -0.4 is 10.1 Å². The molecule has 3 aromatic carbocycles. The number of carbonyl (C=O) groups is 2. The number of aromatic carboxylic acids is 1. The molecule has 0 spiro atoms. The lowest BCUT2D eigenvalue weighted by Gasteiger charge is -2.23. The minimum atomic E-state index is -1.01. The first kappa shape index (κ1) is 22.6. The molecule has 1 aliphatic heterocycles. The topological polar surface area (TPSA) is 101 Å². The van der Waals surface area contributed by atoms with E-state index in [4.69, 9.17) is 19.8 Å². The highest BCUT2D eigenvalue weighted by molar-refractivity contribution is 8.00.